The number of phenols is 1. The Morgan fingerprint density at radius 2 is 2.18 bits per heavy atom. The highest BCUT2D eigenvalue weighted by Gasteiger charge is 2.06. The van der Waals surface area contributed by atoms with Crippen molar-refractivity contribution in [2.24, 2.45) is 5.73 Å². The van der Waals surface area contributed by atoms with Gasteiger partial charge in [0.15, 0.2) is 0 Å². The molecule has 0 atom stereocenters. The van der Waals surface area contributed by atoms with E-state index in [1.54, 1.807) is 18.3 Å². The predicted molar refractivity (Wildman–Crippen MR) is 68.3 cm³/mol. The molecular formula is C13H15N3O. The van der Waals surface area contributed by atoms with Crippen LogP contribution in [0.15, 0.2) is 36.5 Å². The van der Waals surface area contributed by atoms with E-state index in [-0.39, 0.29) is 5.75 Å². The summed E-state index contributed by atoms with van der Waals surface area (Å²) in [5.74, 6) is 0.882. The standard InChI is InChI=1S/C13H15N3O/c1-9-5-6-15-12(7-9)16-11-4-2-3-10(8-14)13(11)17/h2-7,17H,8,14H2,1H3,(H,15,16). The van der Waals surface area contributed by atoms with Crippen LogP contribution in [0.4, 0.5) is 11.5 Å². The number of nitrogens with one attached hydrogen (secondary N) is 1. The average molecular weight is 229 g/mol. The molecular weight excluding hydrogens is 214 g/mol. The van der Waals surface area contributed by atoms with Crippen LogP contribution in [-0.4, -0.2) is 10.1 Å². The quantitative estimate of drug-likeness (QED) is 0.706. The van der Waals surface area contributed by atoms with E-state index in [1.807, 2.05) is 25.1 Å². The van der Waals surface area contributed by atoms with Gasteiger partial charge in [-0.25, -0.2) is 4.98 Å². The molecule has 17 heavy (non-hydrogen) atoms. The van der Waals surface area contributed by atoms with Gasteiger partial charge in [-0.15, -0.1) is 0 Å². The third kappa shape index (κ3) is 2.54. The van der Waals surface area contributed by atoms with E-state index in [2.05, 4.69) is 10.3 Å². The van der Waals surface area contributed by atoms with E-state index in [0.717, 1.165) is 5.56 Å². The van der Waals surface area contributed by atoms with Crippen molar-refractivity contribution in [2.75, 3.05) is 5.32 Å². The van der Waals surface area contributed by atoms with Gasteiger partial charge < -0.3 is 16.2 Å². The summed E-state index contributed by atoms with van der Waals surface area (Å²) < 4.78 is 0. The molecule has 0 aliphatic rings. The number of phenolic OH excluding ortho intramolecular Hbond substituents is 1. The molecule has 0 aliphatic heterocycles. The van der Waals surface area contributed by atoms with E-state index in [1.165, 1.54) is 0 Å². The topological polar surface area (TPSA) is 71.2 Å². The highest BCUT2D eigenvalue weighted by atomic mass is 16.3. The molecule has 4 N–H and O–H groups in total. The Morgan fingerprint density at radius 1 is 1.35 bits per heavy atom. The monoisotopic (exact) mass is 229 g/mol. The molecule has 0 bridgehead atoms. The first-order valence-electron chi connectivity index (χ1n) is 5.41. The number of nitrogens with zero attached hydrogens (tertiary/aromatic N) is 1. The zero-order valence-corrected chi connectivity index (χ0v) is 9.64. The zero-order valence-electron chi connectivity index (χ0n) is 9.64. The number of rotatable bonds is 3. The van der Waals surface area contributed by atoms with E-state index in [9.17, 15) is 5.11 Å². The van der Waals surface area contributed by atoms with Crippen molar-refractivity contribution in [1.29, 1.82) is 0 Å². The minimum Gasteiger partial charge on any atom is -0.505 e. The fraction of sp³-hybridized carbons (Fsp3) is 0.154. The summed E-state index contributed by atoms with van der Waals surface area (Å²) >= 11 is 0. The number of nitrogens with two attached hydrogens (primary N) is 1. The number of para-hydroxylation sites is 1. The molecule has 0 amide bonds. The summed E-state index contributed by atoms with van der Waals surface area (Å²) in [6, 6.07) is 9.26. The van der Waals surface area contributed by atoms with Gasteiger partial charge in [0.2, 0.25) is 0 Å². The van der Waals surface area contributed by atoms with E-state index < -0.39 is 0 Å². The lowest BCUT2D eigenvalue weighted by Crippen LogP contribution is -1.99. The Kier molecular flexibility index (Phi) is 3.25. The minimum absolute atomic E-state index is 0.179. The summed E-state index contributed by atoms with van der Waals surface area (Å²) in [5.41, 5.74) is 7.97. The second-order valence-corrected chi connectivity index (χ2v) is 3.86. The third-order valence-electron chi connectivity index (χ3n) is 2.52. The Labute approximate surface area is 100 Å². The Hall–Kier alpha value is -2.07. The van der Waals surface area contributed by atoms with Crippen LogP contribution in [0, 0.1) is 6.92 Å². The molecule has 0 saturated carbocycles. The van der Waals surface area contributed by atoms with Gasteiger partial charge in [-0.05, 0) is 30.7 Å². The summed E-state index contributed by atoms with van der Waals surface area (Å²) in [6.07, 6.45) is 1.72. The molecule has 1 heterocycles. The Bertz CT molecular complexity index is 526. The second kappa shape index (κ2) is 4.84. The van der Waals surface area contributed by atoms with Crippen LogP contribution < -0.4 is 11.1 Å². The first kappa shape index (κ1) is 11.4. The average Bonchev–Trinajstić information content (AvgIpc) is 2.32. The largest absolute Gasteiger partial charge is 0.505 e. The van der Waals surface area contributed by atoms with Crippen LogP contribution in [0.25, 0.3) is 0 Å². The maximum absolute atomic E-state index is 9.95. The van der Waals surface area contributed by atoms with Gasteiger partial charge in [0.05, 0.1) is 5.69 Å². The lowest BCUT2D eigenvalue weighted by Gasteiger charge is -2.10. The minimum atomic E-state index is 0.179. The van der Waals surface area contributed by atoms with E-state index in [4.69, 9.17) is 5.73 Å². The zero-order chi connectivity index (χ0) is 12.3. The molecule has 0 spiro atoms. The van der Waals surface area contributed by atoms with Gasteiger partial charge in [0.25, 0.3) is 0 Å². The maximum atomic E-state index is 9.95. The number of aromatic hydroxyl groups is 1. The van der Waals surface area contributed by atoms with Crippen molar-refractivity contribution in [3.05, 3.63) is 47.7 Å². The second-order valence-electron chi connectivity index (χ2n) is 3.86. The van der Waals surface area contributed by atoms with Gasteiger partial charge in [-0.2, -0.15) is 0 Å². The van der Waals surface area contributed by atoms with Crippen LogP contribution in [-0.2, 0) is 6.54 Å². The maximum Gasteiger partial charge on any atom is 0.143 e. The first-order chi connectivity index (χ1) is 8.20. The van der Waals surface area contributed by atoms with Crippen molar-refractivity contribution in [3.8, 4) is 5.75 Å². The molecule has 88 valence electrons. The fourth-order valence-corrected chi connectivity index (χ4v) is 1.60. The van der Waals surface area contributed by atoms with Gasteiger partial charge in [0, 0.05) is 18.3 Å². The molecule has 1 aromatic heterocycles. The number of benzene rings is 1. The number of pyridine rings is 1. The number of hydrogen-bond acceptors (Lipinski definition) is 4. The molecule has 2 rings (SSSR count). The normalized spacial score (nSPS) is 10.2. The van der Waals surface area contributed by atoms with Crippen molar-refractivity contribution < 1.29 is 5.11 Å². The van der Waals surface area contributed by atoms with Crippen LogP contribution >= 0.6 is 0 Å². The van der Waals surface area contributed by atoms with Gasteiger partial charge in [-0.1, -0.05) is 12.1 Å². The van der Waals surface area contributed by atoms with Crippen molar-refractivity contribution in [2.45, 2.75) is 13.5 Å². The van der Waals surface area contributed by atoms with Gasteiger partial charge >= 0.3 is 0 Å². The summed E-state index contributed by atoms with van der Waals surface area (Å²) in [4.78, 5) is 4.18. The van der Waals surface area contributed by atoms with Crippen molar-refractivity contribution in [3.63, 3.8) is 0 Å². The highest BCUT2D eigenvalue weighted by molar-refractivity contribution is 5.66. The fourth-order valence-electron chi connectivity index (χ4n) is 1.60. The Balaban J connectivity index is 2.30. The first-order valence-corrected chi connectivity index (χ1v) is 5.41. The number of aryl methyl sites for hydroxylation is 1. The number of aromatic nitrogens is 1. The number of anilines is 2. The van der Waals surface area contributed by atoms with E-state index >= 15 is 0 Å². The van der Waals surface area contributed by atoms with E-state index in [0.29, 0.717) is 23.6 Å². The molecule has 4 nitrogen and oxygen atoms in total. The van der Waals surface area contributed by atoms with Gasteiger partial charge in [0.1, 0.15) is 11.6 Å². The molecule has 2 aromatic rings. The van der Waals surface area contributed by atoms with Crippen LogP contribution in [0.5, 0.6) is 5.75 Å². The van der Waals surface area contributed by atoms with Crippen molar-refractivity contribution in [1.82, 2.24) is 4.98 Å². The highest BCUT2D eigenvalue weighted by Crippen LogP contribution is 2.29. The van der Waals surface area contributed by atoms with Crippen molar-refractivity contribution >= 4 is 11.5 Å². The molecule has 0 fully saturated rings. The SMILES string of the molecule is Cc1ccnc(Nc2cccc(CN)c2O)c1. The molecule has 0 aliphatic carbocycles. The summed E-state index contributed by atoms with van der Waals surface area (Å²) in [5, 5.41) is 13.0. The summed E-state index contributed by atoms with van der Waals surface area (Å²) in [7, 11) is 0. The number of hydrogen-bond donors (Lipinski definition) is 3. The van der Waals surface area contributed by atoms with Gasteiger partial charge in [-0.3, -0.25) is 0 Å². The summed E-state index contributed by atoms with van der Waals surface area (Å²) in [6.45, 7) is 2.30. The molecule has 0 saturated heterocycles. The molecule has 1 aromatic carbocycles. The lowest BCUT2D eigenvalue weighted by atomic mass is 10.1. The molecule has 0 radical (unpaired) electrons. The van der Waals surface area contributed by atoms with Crippen LogP contribution in [0.3, 0.4) is 0 Å². The lowest BCUT2D eigenvalue weighted by molar-refractivity contribution is 0.471. The van der Waals surface area contributed by atoms with Crippen LogP contribution in [0.1, 0.15) is 11.1 Å². The Morgan fingerprint density at radius 3 is 2.88 bits per heavy atom. The predicted octanol–water partition coefficient (Wildman–Crippen LogP) is 2.30. The van der Waals surface area contributed by atoms with Crippen LogP contribution in [0.2, 0.25) is 0 Å². The smallest absolute Gasteiger partial charge is 0.143 e. The molecule has 4 heteroatoms. The molecule has 0 unspecified atom stereocenters. The third-order valence-corrected chi connectivity index (χ3v) is 2.52.